The predicted molar refractivity (Wildman–Crippen MR) is 97.1 cm³/mol. The molecule has 0 spiro atoms. The molecule has 0 fully saturated rings. The smallest absolute Gasteiger partial charge is 0.0227 e. The monoisotopic (exact) mass is 293 g/mol. The van der Waals surface area contributed by atoms with Gasteiger partial charge >= 0.3 is 0 Å². The van der Waals surface area contributed by atoms with Gasteiger partial charge in [0.1, 0.15) is 0 Å². The Morgan fingerprint density at radius 1 is 0.909 bits per heavy atom. The highest BCUT2D eigenvalue weighted by Gasteiger charge is 1.99. The molecule has 0 saturated heterocycles. The van der Waals surface area contributed by atoms with Gasteiger partial charge in [-0.05, 0) is 68.6 Å². The summed E-state index contributed by atoms with van der Waals surface area (Å²) in [5.74, 6) is 0. The van der Waals surface area contributed by atoms with Crippen molar-refractivity contribution >= 4 is 6.08 Å². The molecule has 2 rings (SSSR count). The Labute approximate surface area is 135 Å². The molecule has 1 heteroatoms. The molecule has 0 bridgehead atoms. The molecule has 0 unspecified atom stereocenters. The van der Waals surface area contributed by atoms with E-state index in [1.807, 2.05) is 0 Å². The van der Waals surface area contributed by atoms with E-state index in [4.69, 9.17) is 0 Å². The number of hydrogen-bond donors (Lipinski definition) is 0. The van der Waals surface area contributed by atoms with Crippen LogP contribution in [0.3, 0.4) is 0 Å². The van der Waals surface area contributed by atoms with E-state index >= 15 is 0 Å². The Kier molecular flexibility index (Phi) is 5.97. The maximum absolute atomic E-state index is 2.33. The summed E-state index contributed by atoms with van der Waals surface area (Å²) in [5.41, 5.74) is 6.88. The summed E-state index contributed by atoms with van der Waals surface area (Å²) in [4.78, 5) is 2.21. The lowest BCUT2D eigenvalue weighted by molar-refractivity contribution is 0.402. The summed E-state index contributed by atoms with van der Waals surface area (Å²) in [6.07, 6.45) is 6.75. The van der Waals surface area contributed by atoms with E-state index in [-0.39, 0.29) is 0 Å². The molecule has 0 N–H and O–H groups in total. The topological polar surface area (TPSA) is 3.24 Å². The Bertz CT molecular complexity index is 618. The summed E-state index contributed by atoms with van der Waals surface area (Å²) in [6, 6.07) is 15.4. The van der Waals surface area contributed by atoms with Crippen molar-refractivity contribution in [2.45, 2.75) is 33.2 Å². The average Bonchev–Trinajstić information content (AvgIpc) is 2.45. The normalized spacial score (nSPS) is 11.5. The second-order valence-corrected chi connectivity index (χ2v) is 6.30. The van der Waals surface area contributed by atoms with Crippen LogP contribution in [0.15, 0.2) is 48.5 Å². The fourth-order valence-corrected chi connectivity index (χ4v) is 2.79. The number of aryl methyl sites for hydroxylation is 3. The molecule has 0 aromatic heterocycles. The van der Waals surface area contributed by atoms with Crippen LogP contribution in [0.4, 0.5) is 0 Å². The van der Waals surface area contributed by atoms with E-state index in [0.29, 0.717) is 0 Å². The van der Waals surface area contributed by atoms with Crippen LogP contribution in [0.25, 0.3) is 6.08 Å². The molecule has 116 valence electrons. The van der Waals surface area contributed by atoms with E-state index in [9.17, 15) is 0 Å². The molecule has 0 atom stereocenters. The van der Waals surface area contributed by atoms with Gasteiger partial charge in [0.05, 0.1) is 0 Å². The SMILES string of the molecule is Cc1cccc(C)c1/C=C/CCc1cccc(CN(C)C)c1. The number of hydrogen-bond acceptors (Lipinski definition) is 1. The fraction of sp³-hybridized carbons (Fsp3) is 0.333. The van der Waals surface area contributed by atoms with Gasteiger partial charge in [0.15, 0.2) is 0 Å². The van der Waals surface area contributed by atoms with E-state index < -0.39 is 0 Å². The lowest BCUT2D eigenvalue weighted by Crippen LogP contribution is -2.10. The first-order valence-corrected chi connectivity index (χ1v) is 8.01. The van der Waals surface area contributed by atoms with Crippen molar-refractivity contribution < 1.29 is 0 Å². The fourth-order valence-electron chi connectivity index (χ4n) is 2.79. The van der Waals surface area contributed by atoms with Crippen LogP contribution in [0, 0.1) is 13.8 Å². The van der Waals surface area contributed by atoms with Gasteiger partial charge in [-0.15, -0.1) is 0 Å². The van der Waals surface area contributed by atoms with Gasteiger partial charge in [0.25, 0.3) is 0 Å². The molecule has 0 saturated carbocycles. The second-order valence-electron chi connectivity index (χ2n) is 6.30. The molecule has 0 aliphatic heterocycles. The van der Waals surface area contributed by atoms with E-state index in [2.05, 4.69) is 87.5 Å². The van der Waals surface area contributed by atoms with Gasteiger partial charge in [-0.1, -0.05) is 54.6 Å². The van der Waals surface area contributed by atoms with Crippen LogP contribution in [-0.4, -0.2) is 19.0 Å². The van der Waals surface area contributed by atoms with Crippen molar-refractivity contribution in [2.75, 3.05) is 14.1 Å². The van der Waals surface area contributed by atoms with E-state index in [1.165, 1.54) is 27.8 Å². The molecule has 0 heterocycles. The van der Waals surface area contributed by atoms with Crippen LogP contribution in [0.5, 0.6) is 0 Å². The first-order chi connectivity index (χ1) is 10.6. The van der Waals surface area contributed by atoms with Crippen LogP contribution in [0.1, 0.15) is 34.2 Å². The summed E-state index contributed by atoms with van der Waals surface area (Å²) >= 11 is 0. The van der Waals surface area contributed by atoms with Crippen molar-refractivity contribution in [3.63, 3.8) is 0 Å². The van der Waals surface area contributed by atoms with Crippen molar-refractivity contribution in [2.24, 2.45) is 0 Å². The maximum atomic E-state index is 2.33. The molecule has 1 nitrogen and oxygen atoms in total. The van der Waals surface area contributed by atoms with Crippen molar-refractivity contribution in [3.8, 4) is 0 Å². The van der Waals surface area contributed by atoms with Gasteiger partial charge < -0.3 is 4.90 Å². The Morgan fingerprint density at radius 2 is 1.55 bits per heavy atom. The van der Waals surface area contributed by atoms with E-state index in [1.54, 1.807) is 0 Å². The number of nitrogens with zero attached hydrogens (tertiary/aromatic N) is 1. The highest BCUT2D eigenvalue weighted by atomic mass is 15.0. The standard InChI is InChI=1S/C21H27N/c1-17-9-7-10-18(2)21(17)14-6-5-11-19-12-8-13-20(15-19)16-22(3)4/h6-10,12-15H,5,11,16H2,1-4H3/b14-6+. The molecular formula is C21H27N. The third-order valence-electron chi connectivity index (χ3n) is 3.92. The molecular weight excluding hydrogens is 266 g/mol. The minimum absolute atomic E-state index is 1.01. The number of allylic oxidation sites excluding steroid dienone is 1. The third-order valence-corrected chi connectivity index (χ3v) is 3.92. The molecule has 0 radical (unpaired) electrons. The molecule has 0 aliphatic carbocycles. The summed E-state index contributed by atoms with van der Waals surface area (Å²) in [5, 5.41) is 0. The minimum atomic E-state index is 1.01. The van der Waals surface area contributed by atoms with Gasteiger partial charge in [0.2, 0.25) is 0 Å². The predicted octanol–water partition coefficient (Wildman–Crippen LogP) is 5.01. The molecule has 0 amide bonds. The second kappa shape index (κ2) is 7.95. The van der Waals surface area contributed by atoms with Crippen LogP contribution >= 0.6 is 0 Å². The molecule has 2 aromatic carbocycles. The Hall–Kier alpha value is -1.86. The summed E-state index contributed by atoms with van der Waals surface area (Å²) in [6.45, 7) is 5.36. The average molecular weight is 293 g/mol. The molecule has 0 aliphatic rings. The molecule has 2 aromatic rings. The third kappa shape index (κ3) is 4.85. The van der Waals surface area contributed by atoms with Crippen LogP contribution in [-0.2, 0) is 13.0 Å². The van der Waals surface area contributed by atoms with Gasteiger partial charge in [-0.3, -0.25) is 0 Å². The van der Waals surface area contributed by atoms with Crippen LogP contribution < -0.4 is 0 Å². The van der Waals surface area contributed by atoms with Gasteiger partial charge in [-0.2, -0.15) is 0 Å². The Balaban J connectivity index is 1.95. The minimum Gasteiger partial charge on any atom is -0.305 e. The lowest BCUT2D eigenvalue weighted by Gasteiger charge is -2.10. The highest BCUT2D eigenvalue weighted by molar-refractivity contribution is 5.57. The van der Waals surface area contributed by atoms with E-state index in [0.717, 1.165) is 19.4 Å². The quantitative estimate of drug-likeness (QED) is 0.723. The molecule has 22 heavy (non-hydrogen) atoms. The Morgan fingerprint density at radius 3 is 2.23 bits per heavy atom. The highest BCUT2D eigenvalue weighted by Crippen LogP contribution is 2.16. The zero-order valence-electron chi connectivity index (χ0n) is 14.3. The summed E-state index contributed by atoms with van der Waals surface area (Å²) < 4.78 is 0. The maximum Gasteiger partial charge on any atom is 0.0227 e. The van der Waals surface area contributed by atoms with Crippen LogP contribution in [0.2, 0.25) is 0 Å². The van der Waals surface area contributed by atoms with Crippen molar-refractivity contribution in [1.29, 1.82) is 0 Å². The number of rotatable bonds is 6. The lowest BCUT2D eigenvalue weighted by atomic mass is 10.0. The van der Waals surface area contributed by atoms with Crippen molar-refractivity contribution in [1.82, 2.24) is 4.90 Å². The zero-order chi connectivity index (χ0) is 15.9. The van der Waals surface area contributed by atoms with Gasteiger partial charge in [-0.25, -0.2) is 0 Å². The summed E-state index contributed by atoms with van der Waals surface area (Å²) in [7, 11) is 4.22. The number of benzene rings is 2. The first kappa shape index (κ1) is 16.5. The van der Waals surface area contributed by atoms with Gasteiger partial charge in [0, 0.05) is 6.54 Å². The largest absolute Gasteiger partial charge is 0.305 e. The first-order valence-electron chi connectivity index (χ1n) is 8.01. The van der Waals surface area contributed by atoms with Crippen molar-refractivity contribution in [3.05, 3.63) is 76.4 Å². The zero-order valence-corrected chi connectivity index (χ0v) is 14.3.